The molecule has 0 unspecified atom stereocenters. The highest BCUT2D eigenvalue weighted by atomic mass is 32.1. The summed E-state index contributed by atoms with van der Waals surface area (Å²) in [7, 11) is 0. The predicted octanol–water partition coefficient (Wildman–Crippen LogP) is 2.51. The maximum Gasteiger partial charge on any atom is 0.355 e. The number of para-hydroxylation sites is 1. The molecule has 0 bridgehead atoms. The number of carbonyl (C=O) groups excluding carboxylic acids is 1. The molecule has 0 saturated carbocycles. The van der Waals surface area contributed by atoms with Crippen molar-refractivity contribution in [2.24, 2.45) is 0 Å². The molecule has 1 aromatic carbocycles. The van der Waals surface area contributed by atoms with Gasteiger partial charge in [0.25, 0.3) is 0 Å². The van der Waals surface area contributed by atoms with Crippen LogP contribution in [0.3, 0.4) is 0 Å². The standard InChI is InChI=1S/C14H15N3O3S/c1-9-4-2-3-5-10(9)17-14(20)15-7-6-12-16-11(8-21-12)13(18)19/h2-5,8H,6-7H2,1H3,(H,18,19)(H2,15,17,20). The Morgan fingerprint density at radius 2 is 2.10 bits per heavy atom. The number of aromatic carboxylic acids is 1. The van der Waals surface area contributed by atoms with Crippen LogP contribution in [0.15, 0.2) is 29.6 Å². The Bertz CT molecular complexity index is 654. The number of carboxylic acid groups (broad SMARTS) is 1. The van der Waals surface area contributed by atoms with Gasteiger partial charge in [0.05, 0.1) is 5.01 Å². The molecule has 6 nitrogen and oxygen atoms in total. The van der Waals surface area contributed by atoms with E-state index >= 15 is 0 Å². The Morgan fingerprint density at radius 3 is 2.76 bits per heavy atom. The molecule has 0 aliphatic heterocycles. The third-order valence-corrected chi connectivity index (χ3v) is 3.70. The Hall–Kier alpha value is -2.41. The van der Waals surface area contributed by atoms with Gasteiger partial charge in [-0.2, -0.15) is 0 Å². The van der Waals surface area contributed by atoms with E-state index in [9.17, 15) is 9.59 Å². The number of nitrogens with zero attached hydrogens (tertiary/aromatic N) is 1. The van der Waals surface area contributed by atoms with Crippen molar-refractivity contribution in [2.75, 3.05) is 11.9 Å². The fraction of sp³-hybridized carbons (Fsp3) is 0.214. The van der Waals surface area contributed by atoms with E-state index in [4.69, 9.17) is 5.11 Å². The van der Waals surface area contributed by atoms with E-state index in [0.717, 1.165) is 11.3 Å². The van der Waals surface area contributed by atoms with Crippen LogP contribution in [0.1, 0.15) is 21.1 Å². The summed E-state index contributed by atoms with van der Waals surface area (Å²) in [6, 6.07) is 7.21. The molecule has 2 rings (SSSR count). The van der Waals surface area contributed by atoms with Crippen molar-refractivity contribution >= 4 is 29.0 Å². The minimum atomic E-state index is -1.04. The number of thiazole rings is 1. The lowest BCUT2D eigenvalue weighted by atomic mass is 10.2. The number of amides is 2. The number of hydrogen-bond acceptors (Lipinski definition) is 4. The molecule has 2 aromatic rings. The first kappa shape index (κ1) is 15.0. The predicted molar refractivity (Wildman–Crippen MR) is 81.0 cm³/mol. The van der Waals surface area contributed by atoms with Crippen LogP contribution in [0.2, 0.25) is 0 Å². The van der Waals surface area contributed by atoms with Gasteiger partial charge in [-0.1, -0.05) is 18.2 Å². The number of benzene rings is 1. The first-order valence-electron chi connectivity index (χ1n) is 6.34. The quantitative estimate of drug-likeness (QED) is 0.791. The SMILES string of the molecule is Cc1ccccc1NC(=O)NCCc1nc(C(=O)O)cs1. The van der Waals surface area contributed by atoms with Gasteiger partial charge >= 0.3 is 12.0 Å². The van der Waals surface area contributed by atoms with Gasteiger partial charge < -0.3 is 15.7 Å². The van der Waals surface area contributed by atoms with Gasteiger partial charge in [0.15, 0.2) is 5.69 Å². The summed E-state index contributed by atoms with van der Waals surface area (Å²) in [6.07, 6.45) is 0.499. The average molecular weight is 305 g/mol. The molecule has 1 heterocycles. The number of carbonyl (C=O) groups is 2. The zero-order valence-electron chi connectivity index (χ0n) is 11.4. The smallest absolute Gasteiger partial charge is 0.355 e. The number of carboxylic acids is 1. The number of nitrogens with one attached hydrogen (secondary N) is 2. The molecule has 0 radical (unpaired) electrons. The summed E-state index contributed by atoms with van der Waals surface area (Å²) in [5.74, 6) is -1.04. The summed E-state index contributed by atoms with van der Waals surface area (Å²) < 4.78 is 0. The second-order valence-electron chi connectivity index (χ2n) is 4.38. The van der Waals surface area contributed by atoms with Gasteiger partial charge in [-0.05, 0) is 18.6 Å². The number of anilines is 1. The van der Waals surface area contributed by atoms with E-state index in [1.165, 1.54) is 16.7 Å². The molecule has 1 aromatic heterocycles. The average Bonchev–Trinajstić information content (AvgIpc) is 2.90. The van der Waals surface area contributed by atoms with E-state index in [-0.39, 0.29) is 11.7 Å². The molecule has 0 atom stereocenters. The van der Waals surface area contributed by atoms with Crippen LogP contribution in [0, 0.1) is 6.92 Å². The van der Waals surface area contributed by atoms with Gasteiger partial charge in [-0.25, -0.2) is 14.6 Å². The number of aromatic nitrogens is 1. The van der Waals surface area contributed by atoms with Crippen molar-refractivity contribution in [3.05, 3.63) is 45.9 Å². The highest BCUT2D eigenvalue weighted by Crippen LogP contribution is 2.13. The lowest BCUT2D eigenvalue weighted by molar-refractivity contribution is 0.0691. The molecule has 0 spiro atoms. The van der Waals surface area contributed by atoms with Gasteiger partial charge in [-0.15, -0.1) is 11.3 Å². The molecule has 0 saturated heterocycles. The van der Waals surface area contributed by atoms with E-state index in [2.05, 4.69) is 15.6 Å². The fourth-order valence-electron chi connectivity index (χ4n) is 1.69. The molecule has 2 amide bonds. The molecule has 0 aliphatic carbocycles. The van der Waals surface area contributed by atoms with Crippen molar-refractivity contribution in [1.82, 2.24) is 10.3 Å². The minimum absolute atomic E-state index is 0.0411. The number of hydrogen-bond donors (Lipinski definition) is 3. The summed E-state index contributed by atoms with van der Waals surface area (Å²) in [4.78, 5) is 26.4. The molecular formula is C14H15N3O3S. The molecule has 7 heteroatoms. The van der Waals surface area contributed by atoms with Crippen LogP contribution in [-0.2, 0) is 6.42 Å². The lowest BCUT2D eigenvalue weighted by Crippen LogP contribution is -2.30. The second kappa shape index (κ2) is 6.85. The third kappa shape index (κ3) is 4.28. The molecule has 0 fully saturated rings. The van der Waals surface area contributed by atoms with Gasteiger partial charge in [0.1, 0.15) is 0 Å². The largest absolute Gasteiger partial charge is 0.476 e. The van der Waals surface area contributed by atoms with Gasteiger partial charge in [-0.3, -0.25) is 0 Å². The van der Waals surface area contributed by atoms with Gasteiger partial charge in [0, 0.05) is 24.0 Å². The van der Waals surface area contributed by atoms with Crippen LogP contribution >= 0.6 is 11.3 Å². The van der Waals surface area contributed by atoms with E-state index < -0.39 is 5.97 Å². The minimum Gasteiger partial charge on any atom is -0.476 e. The van der Waals surface area contributed by atoms with Crippen molar-refractivity contribution in [3.63, 3.8) is 0 Å². The van der Waals surface area contributed by atoms with Gasteiger partial charge in [0.2, 0.25) is 0 Å². The molecule has 0 aliphatic rings. The highest BCUT2D eigenvalue weighted by Gasteiger charge is 2.09. The topological polar surface area (TPSA) is 91.3 Å². The zero-order chi connectivity index (χ0) is 15.2. The maximum atomic E-state index is 11.7. The van der Waals surface area contributed by atoms with Crippen molar-refractivity contribution in [1.29, 1.82) is 0 Å². The molecule has 3 N–H and O–H groups in total. The van der Waals surface area contributed by atoms with Crippen molar-refractivity contribution < 1.29 is 14.7 Å². The molecule has 110 valence electrons. The van der Waals surface area contributed by atoms with Crippen LogP contribution in [-0.4, -0.2) is 28.6 Å². The van der Waals surface area contributed by atoms with Crippen molar-refractivity contribution in [2.45, 2.75) is 13.3 Å². The first-order valence-corrected chi connectivity index (χ1v) is 7.22. The summed E-state index contributed by atoms with van der Waals surface area (Å²) in [5.41, 5.74) is 1.79. The zero-order valence-corrected chi connectivity index (χ0v) is 12.2. The van der Waals surface area contributed by atoms with Crippen LogP contribution < -0.4 is 10.6 Å². The Morgan fingerprint density at radius 1 is 1.33 bits per heavy atom. The van der Waals surface area contributed by atoms with E-state index in [0.29, 0.717) is 18.0 Å². The Kier molecular flexibility index (Phi) is 4.89. The normalized spacial score (nSPS) is 10.1. The number of urea groups is 1. The first-order chi connectivity index (χ1) is 10.1. The summed E-state index contributed by atoms with van der Waals surface area (Å²) >= 11 is 1.27. The third-order valence-electron chi connectivity index (χ3n) is 2.79. The number of rotatable bonds is 5. The Balaban J connectivity index is 1.79. The summed E-state index contributed by atoms with van der Waals surface area (Å²) in [6.45, 7) is 2.31. The molecular weight excluding hydrogens is 290 g/mol. The monoisotopic (exact) mass is 305 g/mol. The van der Waals surface area contributed by atoms with Crippen LogP contribution in [0.4, 0.5) is 10.5 Å². The second-order valence-corrected chi connectivity index (χ2v) is 5.32. The fourth-order valence-corrected chi connectivity index (χ4v) is 2.46. The van der Waals surface area contributed by atoms with Crippen LogP contribution in [0.25, 0.3) is 0 Å². The number of aryl methyl sites for hydroxylation is 1. The highest BCUT2D eigenvalue weighted by molar-refractivity contribution is 7.09. The lowest BCUT2D eigenvalue weighted by Gasteiger charge is -2.08. The van der Waals surface area contributed by atoms with E-state index in [1.807, 2.05) is 31.2 Å². The summed E-state index contributed by atoms with van der Waals surface area (Å²) in [5, 5.41) is 16.4. The van der Waals surface area contributed by atoms with E-state index in [1.54, 1.807) is 0 Å². The Labute approximate surface area is 125 Å². The van der Waals surface area contributed by atoms with Crippen LogP contribution in [0.5, 0.6) is 0 Å². The molecule has 21 heavy (non-hydrogen) atoms. The maximum absolute atomic E-state index is 11.7. The van der Waals surface area contributed by atoms with Crippen molar-refractivity contribution in [3.8, 4) is 0 Å².